The summed E-state index contributed by atoms with van der Waals surface area (Å²) in [4.78, 5) is 38.3. The minimum atomic E-state index is -0.283. The Morgan fingerprint density at radius 3 is 1.78 bits per heavy atom. The van der Waals surface area contributed by atoms with Crippen LogP contribution in [0.15, 0.2) is 37.4 Å². The number of nitrogens with one attached hydrogen (secondary N) is 1. The minimum Gasteiger partial charge on any atom is -0.469 e. The van der Waals surface area contributed by atoms with Crippen molar-refractivity contribution in [2.45, 2.75) is 66.8 Å². The Hall–Kier alpha value is -4.98. The second-order valence-electron chi connectivity index (χ2n) is 11.7. The number of rotatable bonds is 9. The summed E-state index contributed by atoms with van der Waals surface area (Å²) < 4.78 is 12.2. The lowest BCUT2D eigenvalue weighted by atomic mass is 9.98. The van der Waals surface area contributed by atoms with Crippen LogP contribution in [0.25, 0.3) is 56.5 Å². The number of aromatic nitrogens is 4. The number of esters is 2. The van der Waals surface area contributed by atoms with Crippen LogP contribution in [-0.2, 0) is 25.6 Å². The third-order valence-corrected chi connectivity index (χ3v) is 9.23. The fourth-order valence-corrected chi connectivity index (χ4v) is 6.52. The molecule has 0 spiro atoms. The third kappa shape index (κ3) is 5.75. The highest BCUT2D eigenvalue weighted by molar-refractivity contribution is 5.97. The maximum absolute atomic E-state index is 12.2. The SMILES string of the molecule is C=Cc1c(C)c2cc3c(C=C)c(C)c(cc4nc(cc5nc(cc1[nH]2)C(C)=C5CCC(=O)OC)C(CCC(=O)OC)=C4C)n3CC. The van der Waals surface area contributed by atoms with E-state index in [-0.39, 0.29) is 24.8 Å². The Bertz CT molecular complexity index is 2020. The van der Waals surface area contributed by atoms with Crippen molar-refractivity contribution in [3.63, 3.8) is 0 Å². The van der Waals surface area contributed by atoms with Crippen molar-refractivity contribution in [1.82, 2.24) is 19.5 Å². The monoisotopic (exact) mass is 618 g/mol. The van der Waals surface area contributed by atoms with E-state index in [9.17, 15) is 9.59 Å². The van der Waals surface area contributed by atoms with E-state index >= 15 is 0 Å². The normalized spacial score (nSPS) is 12.8. The molecule has 0 atom stereocenters. The van der Waals surface area contributed by atoms with Crippen LogP contribution < -0.4 is 0 Å². The lowest BCUT2D eigenvalue weighted by molar-refractivity contribution is -0.141. The maximum Gasteiger partial charge on any atom is 0.305 e. The number of allylic oxidation sites excluding steroid dienone is 4. The first-order chi connectivity index (χ1) is 22.1. The average molecular weight is 619 g/mol. The molecule has 1 N–H and O–H groups in total. The first kappa shape index (κ1) is 32.4. The predicted octanol–water partition coefficient (Wildman–Crippen LogP) is 8.48. The smallest absolute Gasteiger partial charge is 0.305 e. The number of aromatic amines is 1. The minimum absolute atomic E-state index is 0.227. The summed E-state index contributed by atoms with van der Waals surface area (Å²) in [6.07, 6.45) is 5.18. The molecule has 3 aromatic heterocycles. The van der Waals surface area contributed by atoms with E-state index in [0.29, 0.717) is 12.8 Å². The van der Waals surface area contributed by atoms with Gasteiger partial charge in [0.15, 0.2) is 0 Å². The number of aryl methyl sites for hydroxylation is 3. The summed E-state index contributed by atoms with van der Waals surface area (Å²) in [6.45, 7) is 19.5. The number of carbonyl (C=O) groups is 2. The van der Waals surface area contributed by atoms with Crippen LogP contribution in [-0.4, -0.2) is 45.7 Å². The molecule has 0 radical (unpaired) electrons. The van der Waals surface area contributed by atoms with Gasteiger partial charge in [-0.05, 0) is 105 Å². The molecule has 0 fully saturated rings. The van der Waals surface area contributed by atoms with Gasteiger partial charge in [-0.2, -0.15) is 0 Å². The molecular formula is C38H42N4O4. The van der Waals surface area contributed by atoms with Crippen molar-refractivity contribution in [3.05, 3.63) is 82.5 Å². The molecule has 0 saturated heterocycles. The van der Waals surface area contributed by atoms with Gasteiger partial charge in [0.05, 0.1) is 42.5 Å². The lowest BCUT2D eigenvalue weighted by Crippen LogP contribution is -2.01. The van der Waals surface area contributed by atoms with Crippen LogP contribution in [0.5, 0.6) is 0 Å². The number of ether oxygens (including phenoxy) is 2. The van der Waals surface area contributed by atoms with Gasteiger partial charge in [-0.25, -0.2) is 9.97 Å². The highest BCUT2D eigenvalue weighted by Gasteiger charge is 2.23. The molecule has 46 heavy (non-hydrogen) atoms. The molecule has 8 bridgehead atoms. The number of nitrogens with zero attached hydrogens (tertiary/aromatic N) is 3. The Morgan fingerprint density at radius 2 is 1.28 bits per heavy atom. The van der Waals surface area contributed by atoms with Crippen molar-refractivity contribution in [2.24, 2.45) is 0 Å². The number of hydrogen-bond acceptors (Lipinski definition) is 6. The highest BCUT2D eigenvalue weighted by Crippen LogP contribution is 2.38. The van der Waals surface area contributed by atoms with Crippen molar-refractivity contribution in [3.8, 4) is 0 Å². The van der Waals surface area contributed by atoms with Crippen LogP contribution in [0, 0.1) is 13.8 Å². The van der Waals surface area contributed by atoms with Crippen molar-refractivity contribution in [1.29, 1.82) is 0 Å². The highest BCUT2D eigenvalue weighted by atomic mass is 16.5. The van der Waals surface area contributed by atoms with Gasteiger partial charge in [0.2, 0.25) is 0 Å². The summed E-state index contributed by atoms with van der Waals surface area (Å²) in [6, 6.07) is 8.35. The van der Waals surface area contributed by atoms with E-state index in [2.05, 4.69) is 55.6 Å². The molecule has 2 aliphatic rings. The lowest BCUT2D eigenvalue weighted by Gasteiger charge is -2.06. The molecule has 238 valence electrons. The van der Waals surface area contributed by atoms with Gasteiger partial charge < -0.3 is 19.0 Å². The van der Waals surface area contributed by atoms with Gasteiger partial charge >= 0.3 is 11.9 Å². The quantitative estimate of drug-likeness (QED) is 0.242. The third-order valence-electron chi connectivity index (χ3n) is 9.23. The number of H-pyrrole nitrogens is 1. The molecule has 0 amide bonds. The molecule has 8 nitrogen and oxygen atoms in total. The van der Waals surface area contributed by atoms with Crippen LogP contribution >= 0.6 is 0 Å². The molecular weight excluding hydrogens is 576 g/mol. The number of methoxy groups -OCH3 is 2. The van der Waals surface area contributed by atoms with Gasteiger partial charge in [-0.3, -0.25) is 9.59 Å². The molecule has 5 rings (SSSR count). The maximum atomic E-state index is 12.2. The Labute approximate surface area is 270 Å². The topological polar surface area (TPSA) is 99.1 Å². The number of carbonyl (C=O) groups excluding carboxylic acids is 2. The van der Waals surface area contributed by atoms with Crippen molar-refractivity contribution < 1.29 is 19.1 Å². The van der Waals surface area contributed by atoms with E-state index in [0.717, 1.165) is 95.9 Å². The van der Waals surface area contributed by atoms with Gasteiger partial charge in [0.1, 0.15) is 0 Å². The Kier molecular flexibility index (Phi) is 9.28. The van der Waals surface area contributed by atoms with Gasteiger partial charge in [-0.1, -0.05) is 25.3 Å². The zero-order chi connectivity index (χ0) is 33.3. The van der Waals surface area contributed by atoms with Crippen molar-refractivity contribution >= 4 is 68.4 Å². The summed E-state index contributed by atoms with van der Waals surface area (Å²) in [5, 5.41) is 0. The standard InChI is InChI=1S/C38H42N4O4/c1-10-25-21(4)31-20-36-26(11-2)24(7)35(42(36)12-3)19-30-23(6)28(14-16-38(44)46-9)34(41-30)18-33-27(13-15-37(43)45-8)22(5)29(39-33)17-32(25)40-31/h10-11,17-20,40H,1-2,12-16H2,3-9H3. The van der Waals surface area contributed by atoms with Crippen LogP contribution in [0.4, 0.5) is 0 Å². The second-order valence-corrected chi connectivity index (χ2v) is 11.7. The molecule has 5 heterocycles. The largest absolute Gasteiger partial charge is 0.469 e. The summed E-state index contributed by atoms with van der Waals surface area (Å²) in [7, 11) is 2.80. The fraction of sp³-hybridized carbons (Fsp3) is 0.316. The number of hydrogen-bond donors (Lipinski definition) is 1. The average Bonchev–Trinajstić information content (AvgIpc) is 3.69. The van der Waals surface area contributed by atoms with Crippen LogP contribution in [0.3, 0.4) is 0 Å². The van der Waals surface area contributed by atoms with E-state index < -0.39 is 0 Å². The molecule has 8 heteroatoms. The molecule has 0 aromatic carbocycles. The van der Waals surface area contributed by atoms with Crippen molar-refractivity contribution in [2.75, 3.05) is 14.2 Å². The molecule has 0 saturated carbocycles. The van der Waals surface area contributed by atoms with E-state index in [1.54, 1.807) is 0 Å². The fourth-order valence-electron chi connectivity index (χ4n) is 6.52. The number of fused-ring (bicyclic) bond motifs is 8. The first-order valence-electron chi connectivity index (χ1n) is 15.6. The summed E-state index contributed by atoms with van der Waals surface area (Å²) >= 11 is 0. The molecule has 3 aromatic rings. The first-order valence-corrected chi connectivity index (χ1v) is 15.6. The van der Waals surface area contributed by atoms with E-state index in [1.807, 2.05) is 38.1 Å². The Balaban J connectivity index is 1.95. The van der Waals surface area contributed by atoms with Gasteiger partial charge in [0.25, 0.3) is 0 Å². The van der Waals surface area contributed by atoms with Crippen LogP contribution in [0.2, 0.25) is 0 Å². The second kappa shape index (κ2) is 13.2. The Morgan fingerprint density at radius 1 is 0.739 bits per heavy atom. The molecule has 0 unspecified atom stereocenters. The van der Waals surface area contributed by atoms with Gasteiger partial charge in [0, 0.05) is 47.1 Å². The molecule has 2 aliphatic heterocycles. The van der Waals surface area contributed by atoms with E-state index in [4.69, 9.17) is 19.4 Å². The zero-order valence-electron chi connectivity index (χ0n) is 27.9. The summed E-state index contributed by atoms with van der Waals surface area (Å²) in [5.41, 5.74) is 15.2. The van der Waals surface area contributed by atoms with Gasteiger partial charge in [-0.15, -0.1) is 0 Å². The zero-order valence-corrected chi connectivity index (χ0v) is 27.9. The molecule has 0 aliphatic carbocycles. The van der Waals surface area contributed by atoms with Crippen LogP contribution in [0.1, 0.15) is 91.5 Å². The predicted molar refractivity (Wildman–Crippen MR) is 187 cm³/mol. The van der Waals surface area contributed by atoms with E-state index in [1.165, 1.54) is 14.2 Å². The summed E-state index contributed by atoms with van der Waals surface area (Å²) in [5.74, 6) is -0.562.